The van der Waals surface area contributed by atoms with Crippen LogP contribution in [0.1, 0.15) is 24.6 Å². The predicted octanol–water partition coefficient (Wildman–Crippen LogP) is 1.94. The summed E-state index contributed by atoms with van der Waals surface area (Å²) >= 11 is 1.79. The van der Waals surface area contributed by atoms with Gasteiger partial charge < -0.3 is 10.2 Å². The molecule has 2 aliphatic heterocycles. The Morgan fingerprint density at radius 1 is 1.45 bits per heavy atom. The SMILES string of the molecule is CN1C(=O)N[C@@](C)([C@H]2CCCN(CCc3cccs3)C2)C1=O. The molecule has 0 spiro atoms. The van der Waals surface area contributed by atoms with Gasteiger partial charge in [0.25, 0.3) is 5.91 Å². The molecule has 120 valence electrons. The molecule has 0 saturated carbocycles. The van der Waals surface area contributed by atoms with E-state index in [4.69, 9.17) is 0 Å². The molecule has 0 aliphatic carbocycles. The van der Waals surface area contributed by atoms with Gasteiger partial charge in [-0.2, -0.15) is 0 Å². The lowest BCUT2D eigenvalue weighted by molar-refractivity contribution is -0.132. The molecule has 3 amide bonds. The Morgan fingerprint density at radius 3 is 2.91 bits per heavy atom. The quantitative estimate of drug-likeness (QED) is 0.862. The Kier molecular flexibility index (Phi) is 4.23. The Balaban J connectivity index is 1.63. The van der Waals surface area contributed by atoms with Crippen LogP contribution in [0, 0.1) is 5.92 Å². The zero-order valence-electron chi connectivity index (χ0n) is 13.2. The number of amides is 3. The first-order chi connectivity index (χ1) is 10.5. The second-order valence-corrected chi connectivity index (χ2v) is 7.50. The fourth-order valence-corrected chi connectivity index (χ4v) is 4.23. The maximum Gasteiger partial charge on any atom is 0.324 e. The summed E-state index contributed by atoms with van der Waals surface area (Å²) in [6.45, 7) is 4.85. The minimum atomic E-state index is -0.743. The molecule has 0 unspecified atom stereocenters. The lowest BCUT2D eigenvalue weighted by atomic mass is 9.80. The molecule has 22 heavy (non-hydrogen) atoms. The van der Waals surface area contributed by atoms with Gasteiger partial charge in [-0.15, -0.1) is 11.3 Å². The van der Waals surface area contributed by atoms with Gasteiger partial charge in [0, 0.05) is 30.9 Å². The van der Waals surface area contributed by atoms with E-state index in [1.54, 1.807) is 18.4 Å². The van der Waals surface area contributed by atoms with E-state index in [0.29, 0.717) is 0 Å². The molecule has 3 rings (SSSR count). The lowest BCUT2D eigenvalue weighted by Gasteiger charge is -2.39. The Hall–Kier alpha value is -1.40. The number of imide groups is 1. The van der Waals surface area contributed by atoms with E-state index in [1.807, 2.05) is 6.92 Å². The number of likely N-dealkylation sites (N-methyl/N-ethyl adjacent to an activating group) is 1. The van der Waals surface area contributed by atoms with Crippen LogP contribution < -0.4 is 5.32 Å². The van der Waals surface area contributed by atoms with Crippen LogP contribution in [-0.4, -0.2) is 54.0 Å². The number of carbonyl (C=O) groups is 2. The maximum absolute atomic E-state index is 12.4. The maximum atomic E-state index is 12.4. The summed E-state index contributed by atoms with van der Waals surface area (Å²) in [6.07, 6.45) is 3.13. The summed E-state index contributed by atoms with van der Waals surface area (Å²) in [7, 11) is 1.56. The van der Waals surface area contributed by atoms with Crippen molar-refractivity contribution in [3.63, 3.8) is 0 Å². The van der Waals surface area contributed by atoms with Crippen LogP contribution in [-0.2, 0) is 11.2 Å². The lowest BCUT2D eigenvalue weighted by Crippen LogP contribution is -2.55. The standard InChI is InChI=1S/C16H23N3O2S/c1-16(14(20)18(2)15(21)17-16)12-5-3-8-19(11-12)9-7-13-6-4-10-22-13/h4,6,10,12H,3,5,7-9,11H2,1-2H3,(H,17,21)/t12-,16-/m0/s1. The van der Waals surface area contributed by atoms with Crippen LogP contribution in [0.3, 0.4) is 0 Å². The average molecular weight is 321 g/mol. The molecule has 1 aromatic heterocycles. The van der Waals surface area contributed by atoms with Crippen molar-refractivity contribution in [3.05, 3.63) is 22.4 Å². The van der Waals surface area contributed by atoms with Crippen LogP contribution >= 0.6 is 11.3 Å². The molecule has 0 aromatic carbocycles. The van der Waals surface area contributed by atoms with Crippen molar-refractivity contribution < 1.29 is 9.59 Å². The highest BCUT2D eigenvalue weighted by molar-refractivity contribution is 7.09. The summed E-state index contributed by atoms with van der Waals surface area (Å²) in [5, 5.41) is 5.01. The van der Waals surface area contributed by atoms with E-state index in [2.05, 4.69) is 27.7 Å². The van der Waals surface area contributed by atoms with Gasteiger partial charge in [0.05, 0.1) is 0 Å². The van der Waals surface area contributed by atoms with E-state index < -0.39 is 5.54 Å². The number of hydrogen-bond donors (Lipinski definition) is 1. The van der Waals surface area contributed by atoms with Gasteiger partial charge in [-0.05, 0) is 44.2 Å². The number of piperidine rings is 1. The fraction of sp³-hybridized carbons (Fsp3) is 0.625. The van der Waals surface area contributed by atoms with Crippen molar-refractivity contribution in [3.8, 4) is 0 Å². The molecule has 1 N–H and O–H groups in total. The number of rotatable bonds is 4. The number of nitrogens with one attached hydrogen (secondary N) is 1. The first-order valence-corrected chi connectivity index (χ1v) is 8.73. The van der Waals surface area contributed by atoms with E-state index in [0.717, 1.165) is 38.9 Å². The number of thiophene rings is 1. The molecule has 6 heteroatoms. The molecule has 0 bridgehead atoms. The van der Waals surface area contributed by atoms with E-state index in [1.165, 1.54) is 9.78 Å². The van der Waals surface area contributed by atoms with E-state index in [-0.39, 0.29) is 17.9 Å². The van der Waals surface area contributed by atoms with Gasteiger partial charge in [-0.3, -0.25) is 9.69 Å². The van der Waals surface area contributed by atoms with Crippen LogP contribution in [0.4, 0.5) is 4.79 Å². The third-order valence-corrected chi connectivity index (χ3v) is 5.93. The van der Waals surface area contributed by atoms with Crippen LogP contribution in [0.15, 0.2) is 17.5 Å². The summed E-state index contributed by atoms with van der Waals surface area (Å²) in [5.41, 5.74) is -0.743. The van der Waals surface area contributed by atoms with Crippen molar-refractivity contribution in [1.82, 2.24) is 15.1 Å². The number of likely N-dealkylation sites (tertiary alicyclic amines) is 1. The van der Waals surface area contributed by atoms with Gasteiger partial charge in [0.2, 0.25) is 0 Å². The number of urea groups is 1. The second-order valence-electron chi connectivity index (χ2n) is 6.47. The molecule has 0 radical (unpaired) electrons. The van der Waals surface area contributed by atoms with Crippen LogP contribution in [0.25, 0.3) is 0 Å². The molecule has 3 heterocycles. The summed E-state index contributed by atoms with van der Waals surface area (Å²) < 4.78 is 0. The molecule has 2 atom stereocenters. The predicted molar refractivity (Wildman–Crippen MR) is 86.9 cm³/mol. The normalized spacial score (nSPS) is 29.9. The van der Waals surface area contributed by atoms with Crippen LogP contribution in [0.2, 0.25) is 0 Å². The Bertz CT molecular complexity index is 560. The average Bonchev–Trinajstić information content (AvgIpc) is 3.10. The Labute approximate surface area is 135 Å². The van der Waals surface area contributed by atoms with Crippen molar-refractivity contribution in [2.45, 2.75) is 31.7 Å². The summed E-state index contributed by atoms with van der Waals surface area (Å²) in [4.78, 5) is 29.2. The monoisotopic (exact) mass is 321 g/mol. The largest absolute Gasteiger partial charge is 0.324 e. The number of carbonyl (C=O) groups excluding carboxylic acids is 2. The first-order valence-electron chi connectivity index (χ1n) is 7.86. The van der Waals surface area contributed by atoms with Gasteiger partial charge >= 0.3 is 6.03 Å². The minimum Gasteiger partial charge on any atom is -0.323 e. The molecule has 5 nitrogen and oxygen atoms in total. The van der Waals surface area contributed by atoms with E-state index >= 15 is 0 Å². The molecule has 2 aliphatic rings. The highest BCUT2D eigenvalue weighted by Crippen LogP contribution is 2.32. The molecule has 2 saturated heterocycles. The van der Waals surface area contributed by atoms with Gasteiger partial charge in [-0.25, -0.2) is 4.79 Å². The summed E-state index contributed by atoms with van der Waals surface area (Å²) in [5.74, 6) is 0.0913. The highest BCUT2D eigenvalue weighted by atomic mass is 32.1. The van der Waals surface area contributed by atoms with Crippen LogP contribution in [0.5, 0.6) is 0 Å². The second kappa shape index (κ2) is 6.01. The van der Waals surface area contributed by atoms with Crippen molar-refractivity contribution >= 4 is 23.3 Å². The first kappa shape index (κ1) is 15.5. The number of hydrogen-bond acceptors (Lipinski definition) is 4. The highest BCUT2D eigenvalue weighted by Gasteiger charge is 2.51. The van der Waals surface area contributed by atoms with Crippen molar-refractivity contribution in [2.75, 3.05) is 26.7 Å². The summed E-state index contributed by atoms with van der Waals surface area (Å²) in [6, 6.07) is 3.98. The van der Waals surface area contributed by atoms with E-state index in [9.17, 15) is 9.59 Å². The Morgan fingerprint density at radius 2 is 2.27 bits per heavy atom. The third-order valence-electron chi connectivity index (χ3n) is 5.00. The molecule has 1 aromatic rings. The van der Waals surface area contributed by atoms with Gasteiger partial charge in [-0.1, -0.05) is 6.07 Å². The third kappa shape index (κ3) is 2.77. The molecule has 2 fully saturated rings. The zero-order valence-corrected chi connectivity index (χ0v) is 14.0. The minimum absolute atomic E-state index is 0.0948. The smallest absolute Gasteiger partial charge is 0.323 e. The number of nitrogens with zero attached hydrogens (tertiary/aromatic N) is 2. The van der Waals surface area contributed by atoms with Crippen molar-refractivity contribution in [2.24, 2.45) is 5.92 Å². The van der Waals surface area contributed by atoms with Gasteiger partial charge in [0.15, 0.2) is 0 Å². The molecular formula is C16H23N3O2S. The van der Waals surface area contributed by atoms with Gasteiger partial charge in [0.1, 0.15) is 5.54 Å². The fourth-order valence-electron chi connectivity index (χ4n) is 3.53. The zero-order chi connectivity index (χ0) is 15.7. The topological polar surface area (TPSA) is 52.7 Å². The molecular weight excluding hydrogens is 298 g/mol. The van der Waals surface area contributed by atoms with Crippen molar-refractivity contribution in [1.29, 1.82) is 0 Å².